The maximum atomic E-state index is 9.42. The first kappa shape index (κ1) is 14.3. The highest BCUT2D eigenvalue weighted by molar-refractivity contribution is 5.89. The minimum absolute atomic E-state index is 0.00537. The van der Waals surface area contributed by atoms with Crippen LogP contribution in [0.2, 0.25) is 0 Å². The Balaban J connectivity index is 1.85. The summed E-state index contributed by atoms with van der Waals surface area (Å²) in [6, 6.07) is 8.00. The zero-order valence-electron chi connectivity index (χ0n) is 12.8. The molecule has 3 heteroatoms. The van der Waals surface area contributed by atoms with E-state index in [1.54, 1.807) is 6.20 Å². The van der Waals surface area contributed by atoms with E-state index in [-0.39, 0.29) is 12.7 Å². The van der Waals surface area contributed by atoms with Gasteiger partial charge in [0.15, 0.2) is 0 Å². The van der Waals surface area contributed by atoms with E-state index in [1.165, 1.54) is 12.8 Å². The zero-order valence-corrected chi connectivity index (χ0v) is 12.8. The smallest absolute Gasteiger partial charge is 0.221 e. The predicted octanol–water partition coefficient (Wildman–Crippen LogP) is 4.07. The molecule has 1 N–H and O–H groups in total. The number of hydrogen-bond donors (Lipinski definition) is 1. The summed E-state index contributed by atoms with van der Waals surface area (Å²) in [4.78, 5) is 4.43. The van der Waals surface area contributed by atoms with Crippen LogP contribution in [0.15, 0.2) is 30.5 Å². The van der Waals surface area contributed by atoms with Gasteiger partial charge < -0.3 is 9.84 Å². The average molecular weight is 285 g/mol. The van der Waals surface area contributed by atoms with E-state index in [4.69, 9.17) is 4.74 Å². The van der Waals surface area contributed by atoms with Crippen molar-refractivity contribution in [2.45, 2.75) is 52.2 Å². The molecule has 2 aromatic rings. The number of hydrogen-bond acceptors (Lipinski definition) is 3. The molecular formula is C18H23NO2. The summed E-state index contributed by atoms with van der Waals surface area (Å²) in [5, 5.41) is 11.4. The minimum Gasteiger partial charge on any atom is -0.474 e. The Morgan fingerprint density at radius 3 is 2.52 bits per heavy atom. The minimum atomic E-state index is 0.00537. The number of aliphatic hydroxyl groups is 1. The third-order valence-electron chi connectivity index (χ3n) is 4.58. The van der Waals surface area contributed by atoms with Crippen LogP contribution in [0.3, 0.4) is 0 Å². The summed E-state index contributed by atoms with van der Waals surface area (Å²) in [5.74, 6) is 0.701. The standard InChI is InChI=1S/C18H23NO2/c1-18(2)9-7-14(8-10-18)21-17-16-6-4-3-5-15(16)13(12-20)11-19-17/h3-6,11,14,20H,7-10,12H2,1-2H3. The van der Waals surface area contributed by atoms with Gasteiger partial charge >= 0.3 is 0 Å². The van der Waals surface area contributed by atoms with Crippen LogP contribution >= 0.6 is 0 Å². The first-order chi connectivity index (χ1) is 10.1. The molecule has 0 saturated heterocycles. The third kappa shape index (κ3) is 3.03. The van der Waals surface area contributed by atoms with E-state index in [9.17, 15) is 5.11 Å². The van der Waals surface area contributed by atoms with Crippen molar-refractivity contribution in [3.8, 4) is 5.88 Å². The Morgan fingerprint density at radius 1 is 1.19 bits per heavy atom. The quantitative estimate of drug-likeness (QED) is 0.924. The fourth-order valence-electron chi connectivity index (χ4n) is 3.09. The fraction of sp³-hybridized carbons (Fsp3) is 0.500. The second kappa shape index (κ2) is 5.64. The van der Waals surface area contributed by atoms with E-state index in [0.717, 1.165) is 29.2 Å². The summed E-state index contributed by atoms with van der Waals surface area (Å²) in [5.41, 5.74) is 1.29. The maximum Gasteiger partial charge on any atom is 0.221 e. The first-order valence-electron chi connectivity index (χ1n) is 7.73. The number of ether oxygens (including phenoxy) is 1. The average Bonchev–Trinajstić information content (AvgIpc) is 2.49. The Hall–Kier alpha value is -1.61. The summed E-state index contributed by atoms with van der Waals surface area (Å²) < 4.78 is 6.17. The van der Waals surface area contributed by atoms with Crippen LogP contribution in [0, 0.1) is 5.41 Å². The van der Waals surface area contributed by atoms with Crippen molar-refractivity contribution in [1.29, 1.82) is 0 Å². The molecule has 21 heavy (non-hydrogen) atoms. The molecule has 3 rings (SSSR count). The van der Waals surface area contributed by atoms with Crippen molar-refractivity contribution >= 4 is 10.8 Å². The molecule has 1 aromatic heterocycles. The van der Waals surface area contributed by atoms with Gasteiger partial charge in [-0.05, 0) is 42.6 Å². The molecule has 1 aromatic carbocycles. The molecule has 0 spiro atoms. The Labute approximate surface area is 126 Å². The van der Waals surface area contributed by atoms with Crippen molar-refractivity contribution in [1.82, 2.24) is 4.98 Å². The van der Waals surface area contributed by atoms with Crippen LogP contribution in [0.4, 0.5) is 0 Å². The van der Waals surface area contributed by atoms with Crippen LogP contribution in [0.1, 0.15) is 45.1 Å². The molecule has 1 aliphatic carbocycles. The highest BCUT2D eigenvalue weighted by Crippen LogP contribution is 2.37. The maximum absolute atomic E-state index is 9.42. The normalized spacial score (nSPS) is 18.8. The molecule has 0 bridgehead atoms. The molecule has 1 saturated carbocycles. The molecular weight excluding hydrogens is 262 g/mol. The number of nitrogens with zero attached hydrogens (tertiary/aromatic N) is 1. The number of aromatic nitrogens is 1. The molecule has 0 unspecified atom stereocenters. The molecule has 0 amide bonds. The number of benzene rings is 1. The van der Waals surface area contributed by atoms with E-state index in [0.29, 0.717) is 11.3 Å². The Kier molecular flexibility index (Phi) is 3.85. The largest absolute Gasteiger partial charge is 0.474 e. The highest BCUT2D eigenvalue weighted by atomic mass is 16.5. The molecule has 1 heterocycles. The first-order valence-corrected chi connectivity index (χ1v) is 7.73. The SMILES string of the molecule is CC1(C)CCC(Oc2ncc(CO)c3ccccc23)CC1. The van der Waals surface area contributed by atoms with Crippen LogP contribution in [0.5, 0.6) is 5.88 Å². The second-order valence-corrected chi connectivity index (χ2v) is 6.77. The molecule has 3 nitrogen and oxygen atoms in total. The van der Waals surface area contributed by atoms with E-state index in [1.807, 2.05) is 24.3 Å². The van der Waals surface area contributed by atoms with Gasteiger partial charge in [-0.1, -0.05) is 32.0 Å². The van der Waals surface area contributed by atoms with Crippen molar-refractivity contribution in [2.24, 2.45) is 5.41 Å². The lowest BCUT2D eigenvalue weighted by molar-refractivity contribution is 0.0963. The van der Waals surface area contributed by atoms with Crippen molar-refractivity contribution in [2.75, 3.05) is 0 Å². The van der Waals surface area contributed by atoms with Crippen LogP contribution in [-0.2, 0) is 6.61 Å². The van der Waals surface area contributed by atoms with Crippen molar-refractivity contribution in [3.63, 3.8) is 0 Å². The Bertz CT molecular complexity index is 626. The highest BCUT2D eigenvalue weighted by Gasteiger charge is 2.28. The lowest BCUT2D eigenvalue weighted by Gasteiger charge is -2.34. The van der Waals surface area contributed by atoms with E-state index < -0.39 is 0 Å². The number of pyridine rings is 1. The summed E-state index contributed by atoms with van der Waals surface area (Å²) in [7, 11) is 0. The zero-order chi connectivity index (χ0) is 14.9. The van der Waals surface area contributed by atoms with Gasteiger partial charge in [-0.3, -0.25) is 0 Å². The lowest BCUT2D eigenvalue weighted by Crippen LogP contribution is -2.28. The molecule has 0 radical (unpaired) electrons. The van der Waals surface area contributed by atoms with E-state index in [2.05, 4.69) is 18.8 Å². The Morgan fingerprint density at radius 2 is 1.86 bits per heavy atom. The lowest BCUT2D eigenvalue weighted by atomic mass is 9.76. The van der Waals surface area contributed by atoms with Gasteiger partial charge in [0.2, 0.25) is 5.88 Å². The molecule has 0 aliphatic heterocycles. The molecule has 112 valence electrons. The number of aliphatic hydroxyl groups excluding tert-OH is 1. The van der Waals surface area contributed by atoms with Gasteiger partial charge in [0, 0.05) is 17.1 Å². The molecule has 0 atom stereocenters. The van der Waals surface area contributed by atoms with E-state index >= 15 is 0 Å². The third-order valence-corrected chi connectivity index (χ3v) is 4.58. The topological polar surface area (TPSA) is 42.4 Å². The monoisotopic (exact) mass is 285 g/mol. The molecule has 1 fully saturated rings. The number of fused-ring (bicyclic) bond motifs is 1. The second-order valence-electron chi connectivity index (χ2n) is 6.77. The van der Waals surface area contributed by atoms with Crippen molar-refractivity contribution < 1.29 is 9.84 Å². The van der Waals surface area contributed by atoms with Gasteiger partial charge in [-0.2, -0.15) is 0 Å². The number of rotatable bonds is 3. The molecule has 1 aliphatic rings. The van der Waals surface area contributed by atoms with Gasteiger partial charge in [0.25, 0.3) is 0 Å². The van der Waals surface area contributed by atoms with Gasteiger partial charge in [0.1, 0.15) is 6.10 Å². The van der Waals surface area contributed by atoms with Crippen LogP contribution in [0.25, 0.3) is 10.8 Å². The van der Waals surface area contributed by atoms with Gasteiger partial charge in [0.05, 0.1) is 6.61 Å². The van der Waals surface area contributed by atoms with Crippen LogP contribution < -0.4 is 4.74 Å². The summed E-state index contributed by atoms with van der Waals surface area (Å²) in [6.07, 6.45) is 6.56. The summed E-state index contributed by atoms with van der Waals surface area (Å²) in [6.45, 7) is 4.66. The fourth-order valence-corrected chi connectivity index (χ4v) is 3.09. The van der Waals surface area contributed by atoms with Gasteiger partial charge in [-0.25, -0.2) is 4.98 Å². The van der Waals surface area contributed by atoms with Crippen LogP contribution in [-0.4, -0.2) is 16.2 Å². The van der Waals surface area contributed by atoms with Gasteiger partial charge in [-0.15, -0.1) is 0 Å². The van der Waals surface area contributed by atoms with Crippen molar-refractivity contribution in [3.05, 3.63) is 36.0 Å². The summed E-state index contributed by atoms with van der Waals surface area (Å²) >= 11 is 0. The predicted molar refractivity (Wildman–Crippen MR) is 84.3 cm³/mol.